The van der Waals surface area contributed by atoms with E-state index in [1.807, 2.05) is 33.0 Å². The molecule has 2 aromatic rings. The lowest BCUT2D eigenvalue weighted by molar-refractivity contribution is 0.415. The largest absolute Gasteiger partial charge is 0.496 e. The number of nitrogens with two attached hydrogens (primary N) is 1. The van der Waals surface area contributed by atoms with Gasteiger partial charge < -0.3 is 10.5 Å². The lowest BCUT2D eigenvalue weighted by Crippen LogP contribution is -2.00. The van der Waals surface area contributed by atoms with Crippen LogP contribution in [-0.4, -0.2) is 16.9 Å². The number of aryl methyl sites for hydroxylation is 2. The summed E-state index contributed by atoms with van der Waals surface area (Å²) in [4.78, 5) is 0. The van der Waals surface area contributed by atoms with Gasteiger partial charge in [-0.05, 0) is 37.1 Å². The Bertz CT molecular complexity index is 620. The second kappa shape index (κ2) is 5.23. The molecule has 102 valence electrons. The minimum absolute atomic E-state index is 0.412. The van der Waals surface area contributed by atoms with E-state index in [-0.39, 0.29) is 0 Å². The third kappa shape index (κ3) is 2.33. The number of benzene rings is 1. The molecule has 0 aliphatic heterocycles. The summed E-state index contributed by atoms with van der Waals surface area (Å²) < 4.78 is 7.29. The van der Waals surface area contributed by atoms with Gasteiger partial charge in [-0.15, -0.1) is 0 Å². The second-order valence-electron chi connectivity index (χ2n) is 4.56. The molecule has 1 heterocycles. The van der Waals surface area contributed by atoms with Gasteiger partial charge in [0.15, 0.2) is 0 Å². The van der Waals surface area contributed by atoms with E-state index in [0.717, 1.165) is 38.9 Å². The van der Waals surface area contributed by atoms with Crippen LogP contribution < -0.4 is 10.5 Å². The van der Waals surface area contributed by atoms with Gasteiger partial charge in [0, 0.05) is 24.2 Å². The number of aromatic nitrogens is 2. The van der Waals surface area contributed by atoms with Gasteiger partial charge in [-0.2, -0.15) is 5.10 Å². The standard InChI is InChI=1S/C14H18ClN3O/c1-8-5-12(19-4)13(9(2)14(8)15)11-6-10(7-16)17-18(11)3/h5-6H,7,16H2,1-4H3. The Kier molecular flexibility index (Phi) is 3.83. The summed E-state index contributed by atoms with van der Waals surface area (Å²) in [6.45, 7) is 4.37. The van der Waals surface area contributed by atoms with E-state index in [4.69, 9.17) is 22.1 Å². The summed E-state index contributed by atoms with van der Waals surface area (Å²) in [6.07, 6.45) is 0. The lowest BCUT2D eigenvalue weighted by Gasteiger charge is -2.15. The molecule has 2 N–H and O–H groups in total. The van der Waals surface area contributed by atoms with Crippen molar-refractivity contribution in [3.63, 3.8) is 0 Å². The fourth-order valence-corrected chi connectivity index (χ4v) is 2.41. The van der Waals surface area contributed by atoms with E-state index >= 15 is 0 Å². The summed E-state index contributed by atoms with van der Waals surface area (Å²) in [5.74, 6) is 0.797. The zero-order valence-corrected chi connectivity index (χ0v) is 12.4. The Morgan fingerprint density at radius 2 is 2.05 bits per heavy atom. The highest BCUT2D eigenvalue weighted by atomic mass is 35.5. The number of ether oxygens (including phenoxy) is 1. The lowest BCUT2D eigenvalue weighted by atomic mass is 10.0. The molecule has 4 nitrogen and oxygen atoms in total. The molecule has 0 atom stereocenters. The van der Waals surface area contributed by atoms with E-state index in [0.29, 0.717) is 6.54 Å². The Morgan fingerprint density at radius 3 is 2.58 bits per heavy atom. The van der Waals surface area contributed by atoms with Crippen LogP contribution in [0.15, 0.2) is 12.1 Å². The highest BCUT2D eigenvalue weighted by molar-refractivity contribution is 6.32. The molecule has 0 amide bonds. The molecule has 0 saturated heterocycles. The third-order valence-corrected chi connectivity index (χ3v) is 3.84. The van der Waals surface area contributed by atoms with Crippen molar-refractivity contribution in [1.29, 1.82) is 0 Å². The first kappa shape index (κ1) is 13.9. The van der Waals surface area contributed by atoms with Crippen LogP contribution in [0.25, 0.3) is 11.3 Å². The number of halogens is 1. The highest BCUT2D eigenvalue weighted by Crippen LogP contribution is 2.38. The molecule has 5 heteroatoms. The first-order chi connectivity index (χ1) is 8.99. The predicted octanol–water partition coefficient (Wildman–Crippen LogP) is 2.82. The number of hydrogen-bond donors (Lipinski definition) is 1. The van der Waals surface area contributed by atoms with Crippen LogP contribution >= 0.6 is 11.6 Å². The minimum Gasteiger partial charge on any atom is -0.496 e. The Hall–Kier alpha value is -1.52. The van der Waals surface area contributed by atoms with E-state index in [1.54, 1.807) is 11.8 Å². The maximum atomic E-state index is 6.34. The molecule has 0 aliphatic rings. The molecule has 1 aromatic heterocycles. The Labute approximate surface area is 118 Å². The van der Waals surface area contributed by atoms with Crippen LogP contribution in [0, 0.1) is 13.8 Å². The van der Waals surface area contributed by atoms with Crippen LogP contribution in [-0.2, 0) is 13.6 Å². The van der Waals surface area contributed by atoms with Crippen LogP contribution in [0.1, 0.15) is 16.8 Å². The molecule has 0 spiro atoms. The zero-order valence-electron chi connectivity index (χ0n) is 11.6. The first-order valence-electron chi connectivity index (χ1n) is 6.06. The molecule has 1 aromatic carbocycles. The summed E-state index contributed by atoms with van der Waals surface area (Å²) in [5.41, 5.74) is 10.4. The Balaban J connectivity index is 2.73. The molecule has 0 unspecified atom stereocenters. The Morgan fingerprint density at radius 1 is 1.37 bits per heavy atom. The van der Waals surface area contributed by atoms with Crippen LogP contribution in [0.3, 0.4) is 0 Å². The minimum atomic E-state index is 0.412. The second-order valence-corrected chi connectivity index (χ2v) is 4.94. The molecule has 0 saturated carbocycles. The van der Waals surface area contributed by atoms with Gasteiger partial charge in [-0.25, -0.2) is 0 Å². The molecule has 19 heavy (non-hydrogen) atoms. The number of hydrogen-bond acceptors (Lipinski definition) is 3. The first-order valence-corrected chi connectivity index (χ1v) is 6.44. The quantitative estimate of drug-likeness (QED) is 0.940. The fraction of sp³-hybridized carbons (Fsp3) is 0.357. The van der Waals surface area contributed by atoms with Crippen molar-refractivity contribution in [2.75, 3.05) is 7.11 Å². The van der Waals surface area contributed by atoms with Crippen LogP contribution in [0.4, 0.5) is 0 Å². The van der Waals surface area contributed by atoms with E-state index in [1.165, 1.54) is 0 Å². The number of nitrogens with zero attached hydrogens (tertiary/aromatic N) is 2. The predicted molar refractivity (Wildman–Crippen MR) is 77.6 cm³/mol. The van der Waals surface area contributed by atoms with Crippen molar-refractivity contribution >= 4 is 11.6 Å². The third-order valence-electron chi connectivity index (χ3n) is 3.26. The summed E-state index contributed by atoms with van der Waals surface area (Å²) in [5, 5.41) is 5.12. The van der Waals surface area contributed by atoms with Crippen LogP contribution in [0.5, 0.6) is 5.75 Å². The molecule has 0 aliphatic carbocycles. The van der Waals surface area contributed by atoms with Gasteiger partial charge in [0.1, 0.15) is 5.75 Å². The van der Waals surface area contributed by atoms with Gasteiger partial charge in [-0.3, -0.25) is 4.68 Å². The monoisotopic (exact) mass is 279 g/mol. The topological polar surface area (TPSA) is 53.1 Å². The number of methoxy groups -OCH3 is 1. The fourth-order valence-electron chi connectivity index (χ4n) is 2.26. The normalized spacial score (nSPS) is 10.8. The summed E-state index contributed by atoms with van der Waals surface area (Å²) in [6, 6.07) is 3.91. The van der Waals surface area contributed by atoms with Gasteiger partial charge >= 0.3 is 0 Å². The zero-order chi connectivity index (χ0) is 14.2. The average molecular weight is 280 g/mol. The van der Waals surface area contributed by atoms with Crippen molar-refractivity contribution in [1.82, 2.24) is 9.78 Å². The van der Waals surface area contributed by atoms with E-state index in [9.17, 15) is 0 Å². The van der Waals surface area contributed by atoms with Crippen LogP contribution in [0.2, 0.25) is 5.02 Å². The molecule has 2 rings (SSSR count). The van der Waals surface area contributed by atoms with Gasteiger partial charge in [-0.1, -0.05) is 11.6 Å². The molecule has 0 radical (unpaired) electrons. The maximum Gasteiger partial charge on any atom is 0.128 e. The van der Waals surface area contributed by atoms with Crippen molar-refractivity contribution in [2.24, 2.45) is 12.8 Å². The molecule has 0 bridgehead atoms. The number of rotatable bonds is 3. The van der Waals surface area contributed by atoms with Crippen molar-refractivity contribution in [2.45, 2.75) is 20.4 Å². The van der Waals surface area contributed by atoms with E-state index in [2.05, 4.69) is 5.10 Å². The molecular formula is C14H18ClN3O. The van der Waals surface area contributed by atoms with Gasteiger partial charge in [0.05, 0.1) is 18.5 Å². The van der Waals surface area contributed by atoms with Crippen molar-refractivity contribution in [3.05, 3.63) is 34.0 Å². The SMILES string of the molecule is COc1cc(C)c(Cl)c(C)c1-c1cc(CN)nn1C. The summed E-state index contributed by atoms with van der Waals surface area (Å²) in [7, 11) is 3.55. The highest BCUT2D eigenvalue weighted by Gasteiger charge is 2.18. The van der Waals surface area contributed by atoms with Gasteiger partial charge in [0.2, 0.25) is 0 Å². The average Bonchev–Trinajstić information content (AvgIpc) is 2.76. The molecule has 0 fully saturated rings. The molecular weight excluding hydrogens is 262 g/mol. The van der Waals surface area contributed by atoms with Gasteiger partial charge in [0.25, 0.3) is 0 Å². The maximum absolute atomic E-state index is 6.34. The summed E-state index contributed by atoms with van der Waals surface area (Å²) >= 11 is 6.34. The van der Waals surface area contributed by atoms with Crippen molar-refractivity contribution < 1.29 is 4.74 Å². The van der Waals surface area contributed by atoms with Crippen molar-refractivity contribution in [3.8, 4) is 17.0 Å². The smallest absolute Gasteiger partial charge is 0.128 e. The van der Waals surface area contributed by atoms with E-state index < -0.39 is 0 Å².